The molecular weight excluding hydrogens is 211 g/mol. The fourth-order valence-corrected chi connectivity index (χ4v) is 1.57. The maximum atomic E-state index is 13.3. The van der Waals surface area contributed by atoms with Gasteiger partial charge < -0.3 is 0 Å². The van der Waals surface area contributed by atoms with E-state index in [0.717, 1.165) is 5.56 Å². The van der Waals surface area contributed by atoms with Crippen LogP contribution in [0.4, 0.5) is 4.39 Å². The van der Waals surface area contributed by atoms with Crippen molar-refractivity contribution in [3.63, 3.8) is 0 Å². The summed E-state index contributed by atoms with van der Waals surface area (Å²) in [5.74, 6) is 5.80. The zero-order valence-electron chi connectivity index (χ0n) is 9.65. The monoisotopic (exact) mass is 224 g/mol. The molecule has 0 aromatic heterocycles. The minimum Gasteiger partial charge on any atom is -0.206 e. The smallest absolute Gasteiger partial charge is 0.138 e. The summed E-state index contributed by atoms with van der Waals surface area (Å²) in [6.45, 7) is 2.02. The molecule has 84 valence electrons. The molecule has 0 fully saturated rings. The van der Waals surface area contributed by atoms with E-state index in [2.05, 4.69) is 11.8 Å². The number of halogens is 1. The molecule has 0 radical (unpaired) electrons. The van der Waals surface area contributed by atoms with Crippen LogP contribution in [0.5, 0.6) is 0 Å². The predicted molar refractivity (Wildman–Crippen MR) is 68.1 cm³/mol. The molecule has 17 heavy (non-hydrogen) atoms. The molecule has 0 aliphatic rings. The second-order valence-electron chi connectivity index (χ2n) is 3.88. The molecule has 1 unspecified atom stereocenters. The Bertz CT molecular complexity index is 546. The van der Waals surface area contributed by atoms with E-state index in [4.69, 9.17) is 0 Å². The first kappa shape index (κ1) is 11.4. The van der Waals surface area contributed by atoms with Crippen molar-refractivity contribution in [3.8, 4) is 11.8 Å². The Kier molecular flexibility index (Phi) is 3.57. The van der Waals surface area contributed by atoms with Crippen LogP contribution in [0.2, 0.25) is 0 Å². The van der Waals surface area contributed by atoms with Crippen molar-refractivity contribution in [2.75, 3.05) is 0 Å². The van der Waals surface area contributed by atoms with Crippen LogP contribution in [0.25, 0.3) is 0 Å². The van der Waals surface area contributed by atoms with Crippen LogP contribution in [0, 0.1) is 17.7 Å². The number of rotatable bonds is 1. The van der Waals surface area contributed by atoms with Gasteiger partial charge in [0, 0.05) is 5.92 Å². The quantitative estimate of drug-likeness (QED) is 0.643. The average molecular weight is 224 g/mol. The summed E-state index contributed by atoms with van der Waals surface area (Å²) in [6, 6.07) is 16.6. The van der Waals surface area contributed by atoms with Crippen LogP contribution in [-0.4, -0.2) is 0 Å². The van der Waals surface area contributed by atoms with Crippen molar-refractivity contribution in [3.05, 3.63) is 71.5 Å². The first-order valence-electron chi connectivity index (χ1n) is 5.58. The van der Waals surface area contributed by atoms with Crippen LogP contribution in [0.15, 0.2) is 54.6 Å². The Labute approximate surface area is 101 Å². The molecule has 0 N–H and O–H groups in total. The number of benzene rings is 2. The number of hydrogen-bond acceptors (Lipinski definition) is 0. The SMILES string of the molecule is CC(C#Cc1ccccc1F)c1ccccc1. The van der Waals surface area contributed by atoms with Crippen molar-refractivity contribution in [1.82, 2.24) is 0 Å². The zero-order valence-corrected chi connectivity index (χ0v) is 9.65. The van der Waals surface area contributed by atoms with Gasteiger partial charge in [-0.3, -0.25) is 0 Å². The highest BCUT2D eigenvalue weighted by molar-refractivity contribution is 5.38. The van der Waals surface area contributed by atoms with Crippen molar-refractivity contribution in [2.24, 2.45) is 0 Å². The molecular formula is C16H13F. The fourth-order valence-electron chi connectivity index (χ4n) is 1.57. The highest BCUT2D eigenvalue weighted by Crippen LogP contribution is 2.13. The van der Waals surface area contributed by atoms with Gasteiger partial charge in [-0.15, -0.1) is 0 Å². The second-order valence-corrected chi connectivity index (χ2v) is 3.88. The van der Waals surface area contributed by atoms with Gasteiger partial charge in [0.15, 0.2) is 0 Å². The summed E-state index contributed by atoms with van der Waals surface area (Å²) < 4.78 is 13.3. The highest BCUT2D eigenvalue weighted by atomic mass is 19.1. The summed E-state index contributed by atoms with van der Waals surface area (Å²) in [6.07, 6.45) is 0. The molecule has 1 heteroatoms. The molecule has 0 bridgehead atoms. The van der Waals surface area contributed by atoms with Crippen molar-refractivity contribution in [2.45, 2.75) is 12.8 Å². The van der Waals surface area contributed by atoms with Gasteiger partial charge in [0.25, 0.3) is 0 Å². The molecule has 2 aromatic rings. The first-order valence-corrected chi connectivity index (χ1v) is 5.58. The fraction of sp³-hybridized carbons (Fsp3) is 0.125. The van der Waals surface area contributed by atoms with Gasteiger partial charge in [-0.1, -0.05) is 54.3 Å². The Balaban J connectivity index is 2.21. The summed E-state index contributed by atoms with van der Waals surface area (Å²) >= 11 is 0. The van der Waals surface area contributed by atoms with E-state index in [0.29, 0.717) is 5.56 Å². The first-order chi connectivity index (χ1) is 8.27. The maximum absolute atomic E-state index is 13.3. The lowest BCUT2D eigenvalue weighted by atomic mass is 10.0. The predicted octanol–water partition coefficient (Wildman–Crippen LogP) is 3.98. The van der Waals surface area contributed by atoms with Crippen LogP contribution in [-0.2, 0) is 0 Å². The van der Waals surface area contributed by atoms with Crippen LogP contribution in [0.3, 0.4) is 0 Å². The van der Waals surface area contributed by atoms with E-state index in [1.165, 1.54) is 6.07 Å². The lowest BCUT2D eigenvalue weighted by Crippen LogP contribution is -1.89. The zero-order chi connectivity index (χ0) is 12.1. The topological polar surface area (TPSA) is 0 Å². The normalized spacial score (nSPS) is 11.4. The highest BCUT2D eigenvalue weighted by Gasteiger charge is 2.00. The van der Waals surface area contributed by atoms with E-state index in [9.17, 15) is 4.39 Å². The standard InChI is InChI=1S/C16H13F/c1-13(14-7-3-2-4-8-14)11-12-15-9-5-6-10-16(15)17/h2-10,13H,1H3. The summed E-state index contributed by atoms with van der Waals surface area (Å²) in [7, 11) is 0. The minimum absolute atomic E-state index is 0.107. The molecule has 0 heterocycles. The van der Waals surface area contributed by atoms with Crippen molar-refractivity contribution in [1.29, 1.82) is 0 Å². The van der Waals surface area contributed by atoms with Crippen molar-refractivity contribution >= 4 is 0 Å². The molecule has 0 aliphatic carbocycles. The van der Waals surface area contributed by atoms with Crippen LogP contribution >= 0.6 is 0 Å². The van der Waals surface area contributed by atoms with Gasteiger partial charge in [-0.25, -0.2) is 4.39 Å². The van der Waals surface area contributed by atoms with Crippen LogP contribution in [0.1, 0.15) is 24.0 Å². The van der Waals surface area contributed by atoms with E-state index in [-0.39, 0.29) is 11.7 Å². The Morgan fingerprint density at radius 1 is 0.941 bits per heavy atom. The third kappa shape index (κ3) is 2.95. The second kappa shape index (κ2) is 5.32. The Morgan fingerprint density at radius 2 is 1.59 bits per heavy atom. The summed E-state index contributed by atoms with van der Waals surface area (Å²) in [5, 5.41) is 0. The molecule has 1 atom stereocenters. The molecule has 0 saturated heterocycles. The van der Waals surface area contributed by atoms with E-state index < -0.39 is 0 Å². The summed E-state index contributed by atoms with van der Waals surface area (Å²) in [5.41, 5.74) is 1.60. The Hall–Kier alpha value is -2.07. The lowest BCUT2D eigenvalue weighted by molar-refractivity contribution is 0.624. The van der Waals surface area contributed by atoms with E-state index in [1.54, 1.807) is 18.2 Å². The largest absolute Gasteiger partial charge is 0.206 e. The molecule has 0 spiro atoms. The number of hydrogen-bond donors (Lipinski definition) is 0. The molecule has 0 nitrogen and oxygen atoms in total. The van der Waals surface area contributed by atoms with Crippen molar-refractivity contribution < 1.29 is 4.39 Å². The molecule has 2 rings (SSSR count). The molecule has 0 saturated carbocycles. The maximum Gasteiger partial charge on any atom is 0.138 e. The van der Waals surface area contributed by atoms with Gasteiger partial charge in [0.2, 0.25) is 0 Å². The van der Waals surface area contributed by atoms with Gasteiger partial charge >= 0.3 is 0 Å². The average Bonchev–Trinajstić information content (AvgIpc) is 2.38. The molecule has 2 aromatic carbocycles. The van der Waals surface area contributed by atoms with Crippen LogP contribution < -0.4 is 0 Å². The minimum atomic E-state index is -0.264. The van der Waals surface area contributed by atoms with Gasteiger partial charge in [0.05, 0.1) is 5.56 Å². The lowest BCUT2D eigenvalue weighted by Gasteiger charge is -2.02. The van der Waals surface area contributed by atoms with Gasteiger partial charge in [-0.2, -0.15) is 0 Å². The molecule has 0 amide bonds. The van der Waals surface area contributed by atoms with Gasteiger partial charge in [0.1, 0.15) is 5.82 Å². The van der Waals surface area contributed by atoms with E-state index >= 15 is 0 Å². The Morgan fingerprint density at radius 3 is 2.29 bits per heavy atom. The van der Waals surface area contributed by atoms with Gasteiger partial charge in [-0.05, 0) is 24.6 Å². The molecule has 0 aliphatic heterocycles. The third-order valence-electron chi connectivity index (χ3n) is 2.60. The third-order valence-corrected chi connectivity index (χ3v) is 2.60. The van der Waals surface area contributed by atoms with E-state index in [1.807, 2.05) is 37.3 Å². The summed E-state index contributed by atoms with van der Waals surface area (Å²) in [4.78, 5) is 0.